The lowest BCUT2D eigenvalue weighted by Crippen LogP contribution is -2.33. The van der Waals surface area contributed by atoms with Crippen LogP contribution in [0.1, 0.15) is 15.9 Å². The van der Waals surface area contributed by atoms with Crippen molar-refractivity contribution in [2.75, 3.05) is 13.2 Å². The summed E-state index contributed by atoms with van der Waals surface area (Å²) in [6.45, 7) is -0.222. The lowest BCUT2D eigenvalue weighted by atomic mass is 10.1. The van der Waals surface area contributed by atoms with Gasteiger partial charge in [0.1, 0.15) is 12.4 Å². The van der Waals surface area contributed by atoms with Gasteiger partial charge < -0.3 is 4.74 Å². The summed E-state index contributed by atoms with van der Waals surface area (Å²) in [5.74, 6) is 2.07. The minimum atomic E-state index is -0.512. The van der Waals surface area contributed by atoms with Crippen molar-refractivity contribution < 1.29 is 19.1 Å². The third kappa shape index (κ3) is 4.53. The van der Waals surface area contributed by atoms with Crippen LogP contribution in [0.15, 0.2) is 57.9 Å². The molecule has 0 N–H and O–H groups in total. The highest BCUT2D eigenvalue weighted by atomic mass is 79.9. The van der Waals surface area contributed by atoms with Crippen LogP contribution in [0, 0.1) is 12.3 Å². The van der Waals surface area contributed by atoms with E-state index in [1.54, 1.807) is 54.6 Å². The number of imide groups is 1. The summed E-state index contributed by atoms with van der Waals surface area (Å²) in [4.78, 5) is 38.5. The number of rotatable bonds is 6. The van der Waals surface area contributed by atoms with Crippen molar-refractivity contribution in [2.45, 2.75) is 0 Å². The Kier molecular flexibility index (Phi) is 6.34. The van der Waals surface area contributed by atoms with Crippen molar-refractivity contribution in [3.63, 3.8) is 0 Å². The first kappa shape index (κ1) is 19.9. The minimum absolute atomic E-state index is 0.0789. The second-order valence-corrected chi connectivity index (χ2v) is 7.64. The van der Waals surface area contributed by atoms with Crippen LogP contribution in [0.3, 0.4) is 0 Å². The highest BCUT2D eigenvalue weighted by molar-refractivity contribution is 9.10. The molecular weight excluding hydrogens is 442 g/mol. The molecule has 5 nitrogen and oxygen atoms in total. The summed E-state index contributed by atoms with van der Waals surface area (Å²) >= 11 is 4.16. The number of thioether (sulfide) groups is 1. The van der Waals surface area contributed by atoms with Gasteiger partial charge in [-0.15, -0.1) is 6.42 Å². The van der Waals surface area contributed by atoms with Crippen molar-refractivity contribution in [2.24, 2.45) is 0 Å². The van der Waals surface area contributed by atoms with Crippen LogP contribution in [0.25, 0.3) is 6.08 Å². The number of Topliss-reactive ketones (excluding diaryl/α,β-unsaturated/α-hetero) is 1. The number of halogens is 1. The lowest BCUT2D eigenvalue weighted by molar-refractivity contribution is -0.122. The normalized spacial score (nSPS) is 15.0. The maximum atomic E-state index is 12.7. The highest BCUT2D eigenvalue weighted by Crippen LogP contribution is 2.35. The van der Waals surface area contributed by atoms with Crippen molar-refractivity contribution in [1.82, 2.24) is 4.90 Å². The SMILES string of the molecule is C#CCOc1ccc(Br)cc1C=C1SC(=O)N(CC(=O)c2ccccc2)C1=O. The topological polar surface area (TPSA) is 63.7 Å². The molecule has 2 aromatic carbocycles. The van der Waals surface area contributed by atoms with E-state index in [0.717, 1.165) is 21.1 Å². The van der Waals surface area contributed by atoms with Crippen LogP contribution in [-0.4, -0.2) is 35.0 Å². The molecule has 0 aromatic heterocycles. The molecule has 2 amide bonds. The fourth-order valence-corrected chi connectivity index (χ4v) is 3.73. The molecule has 1 heterocycles. The monoisotopic (exact) mass is 455 g/mol. The van der Waals surface area contributed by atoms with Crippen LogP contribution < -0.4 is 4.74 Å². The van der Waals surface area contributed by atoms with Gasteiger partial charge in [-0.25, -0.2) is 0 Å². The van der Waals surface area contributed by atoms with Gasteiger partial charge in [0.15, 0.2) is 5.78 Å². The summed E-state index contributed by atoms with van der Waals surface area (Å²) in [5.41, 5.74) is 1.05. The minimum Gasteiger partial charge on any atom is -0.480 e. The van der Waals surface area contributed by atoms with E-state index in [9.17, 15) is 14.4 Å². The molecule has 140 valence electrons. The largest absolute Gasteiger partial charge is 0.480 e. The van der Waals surface area contributed by atoms with E-state index in [-0.39, 0.29) is 23.8 Å². The molecule has 2 aromatic rings. The number of ketones is 1. The average Bonchev–Trinajstić information content (AvgIpc) is 2.95. The molecule has 7 heteroatoms. The molecule has 0 radical (unpaired) electrons. The summed E-state index contributed by atoms with van der Waals surface area (Å²) in [6.07, 6.45) is 6.80. The van der Waals surface area contributed by atoms with Crippen molar-refractivity contribution in [3.05, 3.63) is 69.0 Å². The Balaban J connectivity index is 1.83. The first-order valence-electron chi connectivity index (χ1n) is 8.19. The van der Waals surface area contributed by atoms with Gasteiger partial charge in [0, 0.05) is 15.6 Å². The fourth-order valence-electron chi connectivity index (χ4n) is 2.52. The Morgan fingerprint density at radius 2 is 1.96 bits per heavy atom. The van der Waals surface area contributed by atoms with Crippen LogP contribution >= 0.6 is 27.7 Å². The van der Waals surface area contributed by atoms with E-state index in [0.29, 0.717) is 16.9 Å². The number of hydrogen-bond donors (Lipinski definition) is 0. The summed E-state index contributed by atoms with van der Waals surface area (Å²) in [5, 5.41) is -0.485. The third-order valence-corrected chi connectivity index (χ3v) is 5.24. The summed E-state index contributed by atoms with van der Waals surface area (Å²) < 4.78 is 6.27. The van der Waals surface area contributed by atoms with E-state index in [4.69, 9.17) is 11.2 Å². The van der Waals surface area contributed by atoms with Crippen LogP contribution in [0.4, 0.5) is 4.79 Å². The predicted molar refractivity (Wildman–Crippen MR) is 112 cm³/mol. The maximum Gasteiger partial charge on any atom is 0.293 e. The lowest BCUT2D eigenvalue weighted by Gasteiger charge is -2.11. The first-order chi connectivity index (χ1) is 13.5. The standard InChI is InChI=1S/C21H14BrNO4S/c1-2-10-27-18-9-8-16(22)11-15(18)12-19-20(25)23(21(26)28-19)13-17(24)14-6-4-3-5-7-14/h1,3-9,11-12H,10,13H2. The molecule has 1 fully saturated rings. The van der Waals surface area contributed by atoms with E-state index in [1.165, 1.54) is 0 Å². The number of ether oxygens (including phenoxy) is 1. The zero-order valence-corrected chi connectivity index (χ0v) is 17.0. The summed E-state index contributed by atoms with van der Waals surface area (Å²) in [6, 6.07) is 13.8. The molecular formula is C21H14BrNO4S. The Labute approximate surface area is 174 Å². The third-order valence-electron chi connectivity index (χ3n) is 3.84. The maximum absolute atomic E-state index is 12.7. The smallest absolute Gasteiger partial charge is 0.293 e. The van der Waals surface area contributed by atoms with Gasteiger partial charge in [0.05, 0.1) is 11.4 Å². The Morgan fingerprint density at radius 1 is 1.21 bits per heavy atom. The van der Waals surface area contributed by atoms with Gasteiger partial charge in [-0.1, -0.05) is 52.2 Å². The molecule has 0 bridgehead atoms. The second kappa shape index (κ2) is 8.91. The predicted octanol–water partition coefficient (Wildman–Crippen LogP) is 4.38. The van der Waals surface area contributed by atoms with E-state index >= 15 is 0 Å². The number of nitrogens with zero attached hydrogens (tertiary/aromatic N) is 1. The molecule has 0 aliphatic carbocycles. The molecule has 1 aliphatic rings. The molecule has 28 heavy (non-hydrogen) atoms. The molecule has 1 aliphatic heterocycles. The van der Waals surface area contributed by atoms with Gasteiger partial charge in [-0.3, -0.25) is 19.3 Å². The number of carbonyl (C=O) groups excluding carboxylic acids is 3. The summed E-state index contributed by atoms with van der Waals surface area (Å²) in [7, 11) is 0. The number of amides is 2. The quantitative estimate of drug-likeness (QED) is 0.367. The van der Waals surface area contributed by atoms with Gasteiger partial charge in [0.25, 0.3) is 11.1 Å². The molecule has 3 rings (SSSR count). The van der Waals surface area contributed by atoms with E-state index in [1.807, 2.05) is 0 Å². The van der Waals surface area contributed by atoms with Crippen molar-refractivity contribution in [1.29, 1.82) is 0 Å². The number of carbonyl (C=O) groups is 3. The molecule has 1 saturated heterocycles. The highest BCUT2D eigenvalue weighted by Gasteiger charge is 2.36. The Bertz CT molecular complexity index is 1010. The number of terminal acetylenes is 1. The van der Waals surface area contributed by atoms with Crippen LogP contribution in [0.2, 0.25) is 0 Å². The number of benzene rings is 2. The van der Waals surface area contributed by atoms with Crippen LogP contribution in [-0.2, 0) is 4.79 Å². The molecule has 0 spiro atoms. The second-order valence-electron chi connectivity index (χ2n) is 5.73. The Hall–Kier alpha value is -2.82. The van der Waals surface area contributed by atoms with Gasteiger partial charge in [0.2, 0.25) is 0 Å². The van der Waals surface area contributed by atoms with E-state index in [2.05, 4.69) is 21.9 Å². The first-order valence-corrected chi connectivity index (χ1v) is 9.80. The van der Waals surface area contributed by atoms with E-state index < -0.39 is 11.1 Å². The van der Waals surface area contributed by atoms with Crippen molar-refractivity contribution in [3.8, 4) is 18.1 Å². The zero-order valence-electron chi connectivity index (χ0n) is 14.6. The molecule has 0 atom stereocenters. The van der Waals surface area contributed by atoms with Crippen LogP contribution in [0.5, 0.6) is 5.75 Å². The Morgan fingerprint density at radius 3 is 2.68 bits per heavy atom. The van der Waals surface area contributed by atoms with Gasteiger partial charge in [-0.05, 0) is 36.0 Å². The molecule has 0 unspecified atom stereocenters. The zero-order chi connectivity index (χ0) is 20.1. The number of hydrogen-bond acceptors (Lipinski definition) is 5. The fraction of sp³-hybridized carbons (Fsp3) is 0.0952. The molecule has 0 saturated carbocycles. The van der Waals surface area contributed by atoms with Gasteiger partial charge in [-0.2, -0.15) is 0 Å². The van der Waals surface area contributed by atoms with Gasteiger partial charge >= 0.3 is 0 Å². The van der Waals surface area contributed by atoms with Crippen molar-refractivity contribution >= 4 is 50.7 Å². The average molecular weight is 456 g/mol.